The number of likely N-dealkylation sites (N-methyl/N-ethyl adjacent to an activating group) is 3. The molecule has 0 aliphatic rings. The minimum absolute atomic E-state index is 0.0578. The molecule has 41 heavy (non-hydrogen) atoms. The van der Waals surface area contributed by atoms with Crippen LogP contribution in [0.1, 0.15) is 52.2 Å². The van der Waals surface area contributed by atoms with Crippen LogP contribution in [0.4, 0.5) is 15.3 Å². The zero-order valence-electron chi connectivity index (χ0n) is 24.4. The van der Waals surface area contributed by atoms with Crippen LogP contribution in [0, 0.1) is 10.1 Å². The van der Waals surface area contributed by atoms with Crippen LogP contribution >= 0.6 is 0 Å². The lowest BCUT2D eigenvalue weighted by Crippen LogP contribution is -2.40. The van der Waals surface area contributed by atoms with Crippen LogP contribution in [0.25, 0.3) is 0 Å². The lowest BCUT2D eigenvalue weighted by molar-refractivity contribution is -0.384. The molecule has 0 aromatic heterocycles. The Morgan fingerprint density at radius 3 is 1.98 bits per heavy atom. The van der Waals surface area contributed by atoms with Gasteiger partial charge in [0, 0.05) is 45.2 Å². The third-order valence-corrected chi connectivity index (χ3v) is 6.49. The number of benzene rings is 2. The molecule has 2 rings (SSSR count). The molecule has 12 nitrogen and oxygen atoms in total. The predicted molar refractivity (Wildman–Crippen MR) is 153 cm³/mol. The molecule has 0 saturated heterocycles. The van der Waals surface area contributed by atoms with Crippen molar-refractivity contribution in [3.05, 3.63) is 64.2 Å². The molecule has 12 heteroatoms. The van der Waals surface area contributed by atoms with Gasteiger partial charge >= 0.3 is 12.2 Å². The van der Waals surface area contributed by atoms with Crippen molar-refractivity contribution in [2.24, 2.45) is 0 Å². The Morgan fingerprint density at radius 2 is 1.44 bits per heavy atom. The van der Waals surface area contributed by atoms with E-state index >= 15 is 0 Å². The summed E-state index contributed by atoms with van der Waals surface area (Å²) in [6.45, 7) is 11.6. The molecule has 0 fully saturated rings. The summed E-state index contributed by atoms with van der Waals surface area (Å²) in [7, 11) is 1.61. The molecule has 0 aliphatic carbocycles. The molecule has 0 saturated carbocycles. The number of nitro benzene ring substituents is 1. The summed E-state index contributed by atoms with van der Waals surface area (Å²) >= 11 is 0. The van der Waals surface area contributed by atoms with Crippen LogP contribution in [-0.4, -0.2) is 84.1 Å². The van der Waals surface area contributed by atoms with Gasteiger partial charge in [0.1, 0.15) is 17.6 Å². The molecule has 224 valence electrons. The highest BCUT2D eigenvalue weighted by molar-refractivity contribution is 5.76. The Kier molecular flexibility index (Phi) is 13.5. The van der Waals surface area contributed by atoms with E-state index in [-0.39, 0.29) is 23.9 Å². The van der Waals surface area contributed by atoms with Gasteiger partial charge in [0.25, 0.3) is 5.69 Å². The molecule has 0 spiro atoms. The molecule has 0 bridgehead atoms. The molecule has 1 atom stereocenters. The van der Waals surface area contributed by atoms with Crippen LogP contribution in [0.15, 0.2) is 48.5 Å². The summed E-state index contributed by atoms with van der Waals surface area (Å²) in [6, 6.07) is 11.5. The predicted octanol–water partition coefficient (Wildman–Crippen LogP) is 5.27. The van der Waals surface area contributed by atoms with Crippen LogP contribution in [-0.2, 0) is 9.53 Å². The Morgan fingerprint density at radius 1 is 0.854 bits per heavy atom. The van der Waals surface area contributed by atoms with Crippen LogP contribution in [0.2, 0.25) is 0 Å². The largest absolute Gasteiger partial charge is 0.514 e. The zero-order chi connectivity index (χ0) is 30.4. The quantitative estimate of drug-likeness (QED) is 0.121. The fourth-order valence-electron chi connectivity index (χ4n) is 3.93. The highest BCUT2D eigenvalue weighted by Gasteiger charge is 2.23. The first-order valence-corrected chi connectivity index (χ1v) is 13.8. The lowest BCUT2D eigenvalue weighted by atomic mass is 10.1. The van der Waals surface area contributed by atoms with Crippen LogP contribution in [0.3, 0.4) is 0 Å². The van der Waals surface area contributed by atoms with Crippen LogP contribution in [0.5, 0.6) is 11.5 Å². The molecule has 0 radical (unpaired) electrons. The van der Waals surface area contributed by atoms with E-state index in [1.54, 1.807) is 36.2 Å². The number of rotatable bonds is 15. The summed E-state index contributed by atoms with van der Waals surface area (Å²) in [5.74, 6) is 0.279. The van der Waals surface area contributed by atoms with Gasteiger partial charge in [-0.15, -0.1) is 0 Å². The number of nitrogens with zero attached hydrogens (tertiary/aromatic N) is 4. The van der Waals surface area contributed by atoms with Crippen molar-refractivity contribution in [2.45, 2.75) is 46.6 Å². The summed E-state index contributed by atoms with van der Waals surface area (Å²) < 4.78 is 16.3. The molecule has 0 aliphatic heterocycles. The molecule has 0 N–H and O–H groups in total. The van der Waals surface area contributed by atoms with Crippen molar-refractivity contribution in [2.75, 3.05) is 46.3 Å². The molecule has 2 aromatic carbocycles. The van der Waals surface area contributed by atoms with Gasteiger partial charge in [-0.1, -0.05) is 32.9 Å². The molecule has 0 heterocycles. The number of carbonyl (C=O) groups is 3. The van der Waals surface area contributed by atoms with Crippen LogP contribution < -0.4 is 9.47 Å². The van der Waals surface area contributed by atoms with Gasteiger partial charge in [0.2, 0.25) is 5.91 Å². The number of carbonyl (C=O) groups excluding carboxylic acids is 3. The number of hydrogen-bond acceptors (Lipinski definition) is 9. The first kappa shape index (κ1) is 33.0. The first-order valence-electron chi connectivity index (χ1n) is 13.8. The average Bonchev–Trinajstić information content (AvgIpc) is 2.95. The van der Waals surface area contributed by atoms with E-state index in [1.165, 1.54) is 29.2 Å². The van der Waals surface area contributed by atoms with Gasteiger partial charge in [0.05, 0.1) is 11.5 Å². The fourth-order valence-corrected chi connectivity index (χ4v) is 3.93. The number of nitro groups is 1. The number of ether oxygens (including phenoxy) is 3. The minimum atomic E-state index is -1.04. The Balaban J connectivity index is 2.13. The highest BCUT2D eigenvalue weighted by atomic mass is 16.7. The Hall–Kier alpha value is -4.19. The maximum absolute atomic E-state index is 12.7. The van der Waals surface area contributed by atoms with Gasteiger partial charge in [-0.2, -0.15) is 0 Å². The van der Waals surface area contributed by atoms with Gasteiger partial charge in [-0.05, 0) is 56.3 Å². The van der Waals surface area contributed by atoms with Crippen molar-refractivity contribution >= 4 is 23.8 Å². The second-order valence-corrected chi connectivity index (χ2v) is 9.28. The monoisotopic (exact) mass is 572 g/mol. The summed E-state index contributed by atoms with van der Waals surface area (Å²) in [5.41, 5.74) is 0.405. The lowest BCUT2D eigenvalue weighted by Gasteiger charge is -2.25. The Bertz CT molecular complexity index is 1140. The number of hydrogen-bond donors (Lipinski definition) is 0. The van der Waals surface area contributed by atoms with Gasteiger partial charge in [-0.25, -0.2) is 9.59 Å². The Labute approximate surface area is 240 Å². The second kappa shape index (κ2) is 16.8. The van der Waals surface area contributed by atoms with E-state index in [0.29, 0.717) is 37.2 Å². The highest BCUT2D eigenvalue weighted by Crippen LogP contribution is 2.24. The smallest absolute Gasteiger partial charge is 0.424 e. The SMILES string of the molecule is CCCC(=O)N(C)CC(OC(=O)Oc1ccc([N+](=O)[O-])cc1)c1ccc(OC(=O)N(CC)CCN(CC)CC)cc1. The molecule has 2 amide bonds. The minimum Gasteiger partial charge on any atom is -0.424 e. The topological polar surface area (TPSA) is 132 Å². The van der Waals surface area contributed by atoms with E-state index < -0.39 is 23.3 Å². The standard InChI is InChI=1S/C29H40N4O8/c1-6-10-27(34)30(5)21-26(41-29(36)40-25-17-13-23(14-18-25)33(37)38)22-11-15-24(16-12-22)39-28(35)32(9-4)20-19-31(7-2)8-3/h11-18,26H,6-10,19-21H2,1-5H3. The molecule has 1 unspecified atom stereocenters. The molecule has 2 aromatic rings. The third kappa shape index (κ3) is 10.7. The summed E-state index contributed by atoms with van der Waals surface area (Å²) in [5, 5.41) is 10.9. The molecular weight excluding hydrogens is 532 g/mol. The van der Waals surface area contributed by atoms with Gasteiger partial charge in [-0.3, -0.25) is 14.9 Å². The average molecular weight is 573 g/mol. The van der Waals surface area contributed by atoms with Crippen molar-refractivity contribution < 1.29 is 33.5 Å². The number of non-ortho nitro benzene ring substituents is 1. The first-order chi connectivity index (χ1) is 19.6. The third-order valence-electron chi connectivity index (χ3n) is 6.49. The molecular formula is C29H40N4O8. The van der Waals surface area contributed by atoms with Crippen molar-refractivity contribution in [1.82, 2.24) is 14.7 Å². The summed E-state index contributed by atoms with van der Waals surface area (Å²) in [4.78, 5) is 53.4. The van der Waals surface area contributed by atoms with Gasteiger partial charge in [0.15, 0.2) is 0 Å². The van der Waals surface area contributed by atoms with E-state index in [1.807, 2.05) is 13.8 Å². The maximum Gasteiger partial charge on any atom is 0.514 e. The van der Waals surface area contributed by atoms with Crippen molar-refractivity contribution in [3.8, 4) is 11.5 Å². The van der Waals surface area contributed by atoms with Gasteiger partial charge < -0.3 is 28.9 Å². The van der Waals surface area contributed by atoms with E-state index in [9.17, 15) is 24.5 Å². The van der Waals surface area contributed by atoms with Crippen molar-refractivity contribution in [1.29, 1.82) is 0 Å². The van der Waals surface area contributed by atoms with Crippen molar-refractivity contribution in [3.63, 3.8) is 0 Å². The summed E-state index contributed by atoms with van der Waals surface area (Å²) in [6.07, 6.45) is -1.38. The normalized spacial score (nSPS) is 11.5. The fraction of sp³-hybridized carbons (Fsp3) is 0.483. The van der Waals surface area contributed by atoms with E-state index in [0.717, 1.165) is 19.6 Å². The van der Waals surface area contributed by atoms with E-state index in [4.69, 9.17) is 14.2 Å². The van der Waals surface area contributed by atoms with E-state index in [2.05, 4.69) is 18.7 Å². The zero-order valence-corrected chi connectivity index (χ0v) is 24.4. The number of amides is 2. The second-order valence-electron chi connectivity index (χ2n) is 9.28. The maximum atomic E-state index is 12.7.